The Morgan fingerprint density at radius 2 is 1.55 bits per heavy atom. The molecule has 0 fully saturated rings. The third-order valence-electron chi connectivity index (χ3n) is 4.73. The average Bonchev–Trinajstić information content (AvgIpc) is 3.29. The summed E-state index contributed by atoms with van der Waals surface area (Å²) in [5.74, 6) is 0. The first kappa shape index (κ1) is 12.2. The topological polar surface area (TPSA) is 24.4 Å². The van der Waals surface area contributed by atoms with Crippen molar-refractivity contribution in [2.75, 3.05) is 0 Å². The number of hydrogen-bond acceptors (Lipinski definition) is 3. The van der Waals surface area contributed by atoms with E-state index >= 15 is 0 Å². The molecule has 2 aliphatic rings. The van der Waals surface area contributed by atoms with E-state index < -0.39 is 0 Å². The zero-order chi connectivity index (χ0) is 14.6. The molecule has 3 aromatic rings. The van der Waals surface area contributed by atoms with Gasteiger partial charge in [0.15, 0.2) is 0 Å². The van der Waals surface area contributed by atoms with Crippen molar-refractivity contribution >= 4 is 17.7 Å². The summed E-state index contributed by atoms with van der Waals surface area (Å²) in [5.41, 5.74) is 5.02. The number of aliphatic imine (C=N–C) groups is 1. The van der Waals surface area contributed by atoms with Gasteiger partial charge in [-0.05, 0) is 33.7 Å². The lowest BCUT2D eigenvalue weighted by Crippen LogP contribution is -2.41. The lowest BCUT2D eigenvalue weighted by molar-refractivity contribution is 0.439. The second kappa shape index (κ2) is 4.31. The molecule has 1 atom stereocenters. The lowest BCUT2D eigenvalue weighted by Gasteiger charge is -2.32. The van der Waals surface area contributed by atoms with Gasteiger partial charge >= 0.3 is 0 Å². The van der Waals surface area contributed by atoms with Gasteiger partial charge in [0.2, 0.25) is 0 Å². The first-order valence-electron chi connectivity index (χ1n) is 7.43. The van der Waals surface area contributed by atoms with Gasteiger partial charge in [-0.25, -0.2) is 0 Å². The van der Waals surface area contributed by atoms with Gasteiger partial charge < -0.3 is 5.32 Å². The molecule has 2 aromatic carbocycles. The summed E-state index contributed by atoms with van der Waals surface area (Å²) < 4.78 is 0. The van der Waals surface area contributed by atoms with Crippen molar-refractivity contribution < 1.29 is 0 Å². The molecule has 1 spiro atoms. The highest BCUT2D eigenvalue weighted by Gasteiger charge is 2.51. The van der Waals surface area contributed by atoms with E-state index in [1.807, 2.05) is 6.34 Å². The van der Waals surface area contributed by atoms with Crippen molar-refractivity contribution in [2.45, 2.75) is 11.6 Å². The molecule has 0 saturated heterocycles. The molecule has 1 aliphatic carbocycles. The molecule has 1 aliphatic heterocycles. The van der Waals surface area contributed by atoms with Crippen molar-refractivity contribution in [1.82, 2.24) is 5.32 Å². The van der Waals surface area contributed by atoms with Gasteiger partial charge in [0.05, 0.1) is 6.34 Å². The molecule has 3 heteroatoms. The fourth-order valence-electron chi connectivity index (χ4n) is 3.86. The fourth-order valence-corrected chi connectivity index (χ4v) is 4.69. The molecule has 5 rings (SSSR count). The highest BCUT2D eigenvalue weighted by Crippen LogP contribution is 2.55. The molecule has 0 bridgehead atoms. The third-order valence-corrected chi connectivity index (χ3v) is 5.66. The fraction of sp³-hybridized carbons (Fsp3) is 0.105. The Bertz CT molecular complexity index is 834. The standard InChI is InChI=1S/C19H14N2S/c1-3-8-15-13(6-1)14-7-2-4-9-16(14)19(15)18(20-12-21-19)17-10-5-11-22-17/h1-12,18H,(H,20,21)/t18-/m0/s1. The van der Waals surface area contributed by atoms with Crippen LogP contribution in [0.3, 0.4) is 0 Å². The normalized spacial score (nSPS) is 19.9. The van der Waals surface area contributed by atoms with Crippen molar-refractivity contribution in [3.8, 4) is 11.1 Å². The van der Waals surface area contributed by atoms with Crippen molar-refractivity contribution in [3.63, 3.8) is 0 Å². The zero-order valence-corrected chi connectivity index (χ0v) is 12.7. The average molecular weight is 302 g/mol. The van der Waals surface area contributed by atoms with Crippen LogP contribution in [0.5, 0.6) is 0 Å². The summed E-state index contributed by atoms with van der Waals surface area (Å²) >= 11 is 1.78. The summed E-state index contributed by atoms with van der Waals surface area (Å²) in [4.78, 5) is 6.08. The van der Waals surface area contributed by atoms with Crippen LogP contribution < -0.4 is 5.32 Å². The van der Waals surface area contributed by atoms with E-state index in [2.05, 4.69) is 71.4 Å². The summed E-state index contributed by atoms with van der Waals surface area (Å²) in [6.07, 6.45) is 1.88. The SMILES string of the molecule is C1=N[C@@H](c2cccs2)C2(N1)c1ccccc1-c1ccccc12. The van der Waals surface area contributed by atoms with E-state index in [4.69, 9.17) is 4.99 Å². The largest absolute Gasteiger partial charge is 0.361 e. The number of fused-ring (bicyclic) bond motifs is 5. The van der Waals surface area contributed by atoms with Crippen LogP contribution in [0, 0.1) is 0 Å². The summed E-state index contributed by atoms with van der Waals surface area (Å²) in [7, 11) is 0. The van der Waals surface area contributed by atoms with Crippen LogP contribution >= 0.6 is 11.3 Å². The van der Waals surface area contributed by atoms with Crippen LogP contribution in [0.15, 0.2) is 71.0 Å². The predicted octanol–water partition coefficient (Wildman–Crippen LogP) is 4.34. The second-order valence-electron chi connectivity index (χ2n) is 5.74. The Kier molecular flexibility index (Phi) is 2.38. The predicted molar refractivity (Wildman–Crippen MR) is 91.3 cm³/mol. The molecule has 1 N–H and O–H groups in total. The Balaban J connectivity index is 1.84. The highest BCUT2D eigenvalue weighted by atomic mass is 32.1. The number of nitrogens with one attached hydrogen (secondary N) is 1. The summed E-state index contributed by atoms with van der Waals surface area (Å²) in [5, 5.41) is 5.73. The van der Waals surface area contributed by atoms with Gasteiger partial charge in [-0.2, -0.15) is 0 Å². The smallest absolute Gasteiger partial charge is 0.118 e. The maximum absolute atomic E-state index is 4.79. The number of hydrogen-bond donors (Lipinski definition) is 1. The number of benzene rings is 2. The van der Waals surface area contributed by atoms with E-state index in [1.54, 1.807) is 11.3 Å². The first-order valence-corrected chi connectivity index (χ1v) is 8.31. The van der Waals surface area contributed by atoms with Gasteiger partial charge in [0.25, 0.3) is 0 Å². The second-order valence-corrected chi connectivity index (χ2v) is 6.72. The van der Waals surface area contributed by atoms with Crippen LogP contribution in [0.4, 0.5) is 0 Å². The summed E-state index contributed by atoms with van der Waals surface area (Å²) in [6.45, 7) is 0. The Morgan fingerprint density at radius 3 is 2.18 bits per heavy atom. The van der Waals surface area contributed by atoms with Crippen molar-refractivity contribution in [1.29, 1.82) is 0 Å². The summed E-state index contributed by atoms with van der Waals surface area (Å²) in [6, 6.07) is 21.8. The molecule has 106 valence electrons. The molecule has 2 nitrogen and oxygen atoms in total. The minimum Gasteiger partial charge on any atom is -0.361 e. The van der Waals surface area contributed by atoms with E-state index in [1.165, 1.54) is 27.1 Å². The van der Waals surface area contributed by atoms with Crippen LogP contribution in [-0.2, 0) is 5.54 Å². The molecule has 0 radical (unpaired) electrons. The number of thiophene rings is 1. The van der Waals surface area contributed by atoms with Gasteiger partial charge in [-0.1, -0.05) is 54.6 Å². The minimum absolute atomic E-state index is 0.0947. The molecular weight excluding hydrogens is 288 g/mol. The first-order chi connectivity index (χ1) is 10.9. The third kappa shape index (κ3) is 1.37. The van der Waals surface area contributed by atoms with Gasteiger partial charge in [-0.3, -0.25) is 4.99 Å². The Labute approximate surface area is 133 Å². The van der Waals surface area contributed by atoms with Crippen molar-refractivity contribution in [2.24, 2.45) is 4.99 Å². The van der Waals surface area contributed by atoms with E-state index in [0.717, 1.165) is 0 Å². The van der Waals surface area contributed by atoms with Crippen molar-refractivity contribution in [3.05, 3.63) is 82.0 Å². The van der Waals surface area contributed by atoms with Gasteiger partial charge in [0.1, 0.15) is 11.6 Å². The maximum atomic E-state index is 4.79. The Morgan fingerprint density at radius 1 is 0.864 bits per heavy atom. The van der Waals surface area contributed by atoms with E-state index in [9.17, 15) is 0 Å². The molecule has 0 amide bonds. The molecular formula is C19H14N2S. The number of rotatable bonds is 1. The molecule has 1 aromatic heterocycles. The molecule has 0 saturated carbocycles. The van der Waals surface area contributed by atoms with Crippen LogP contribution in [0.2, 0.25) is 0 Å². The van der Waals surface area contributed by atoms with Crippen LogP contribution in [0.25, 0.3) is 11.1 Å². The quantitative estimate of drug-likeness (QED) is 0.710. The minimum atomic E-state index is -0.266. The Hall–Kier alpha value is -2.39. The monoisotopic (exact) mass is 302 g/mol. The van der Waals surface area contributed by atoms with Crippen LogP contribution in [0.1, 0.15) is 22.0 Å². The van der Waals surface area contributed by atoms with E-state index in [0.29, 0.717) is 0 Å². The molecule has 0 unspecified atom stereocenters. The molecule has 22 heavy (non-hydrogen) atoms. The molecule has 2 heterocycles. The van der Waals surface area contributed by atoms with Gasteiger partial charge in [0, 0.05) is 4.88 Å². The van der Waals surface area contributed by atoms with Crippen LogP contribution in [-0.4, -0.2) is 6.34 Å². The maximum Gasteiger partial charge on any atom is 0.118 e. The number of nitrogens with zero attached hydrogens (tertiary/aromatic N) is 1. The zero-order valence-electron chi connectivity index (χ0n) is 11.9. The highest BCUT2D eigenvalue weighted by molar-refractivity contribution is 7.10. The van der Waals surface area contributed by atoms with Gasteiger partial charge in [-0.15, -0.1) is 11.3 Å². The van der Waals surface area contributed by atoms with E-state index in [-0.39, 0.29) is 11.6 Å². The lowest BCUT2D eigenvalue weighted by atomic mass is 9.81.